The Balaban J connectivity index is 1.87. The molecule has 118 valence electrons. The SMILES string of the molecule is COc1ccc(-c2ncc3ccccc3n2)nc1-c1ccsc1C. The van der Waals surface area contributed by atoms with Crippen molar-refractivity contribution < 1.29 is 4.74 Å². The molecule has 0 aliphatic rings. The van der Waals surface area contributed by atoms with Crippen molar-refractivity contribution in [2.24, 2.45) is 0 Å². The predicted octanol–water partition coefficient (Wildman–Crippen LogP) is 4.74. The van der Waals surface area contributed by atoms with Crippen molar-refractivity contribution in [3.8, 4) is 28.5 Å². The molecule has 0 bridgehead atoms. The lowest BCUT2D eigenvalue weighted by Crippen LogP contribution is -1.97. The molecule has 0 fully saturated rings. The number of pyridine rings is 1. The minimum absolute atomic E-state index is 0.616. The van der Waals surface area contributed by atoms with Crippen LogP contribution in [-0.4, -0.2) is 22.1 Å². The molecule has 0 radical (unpaired) electrons. The van der Waals surface area contributed by atoms with E-state index in [9.17, 15) is 0 Å². The molecular formula is C19H15N3OS. The molecule has 3 aromatic heterocycles. The molecule has 0 atom stereocenters. The number of aromatic nitrogens is 3. The van der Waals surface area contributed by atoms with E-state index in [1.165, 1.54) is 4.88 Å². The second-order valence-electron chi connectivity index (χ2n) is 5.39. The lowest BCUT2D eigenvalue weighted by molar-refractivity contribution is 0.415. The summed E-state index contributed by atoms with van der Waals surface area (Å²) in [7, 11) is 1.66. The van der Waals surface area contributed by atoms with Crippen molar-refractivity contribution >= 4 is 22.2 Å². The first-order valence-electron chi connectivity index (χ1n) is 7.58. The van der Waals surface area contributed by atoms with Crippen LogP contribution in [0.15, 0.2) is 54.0 Å². The summed E-state index contributed by atoms with van der Waals surface area (Å²) in [6, 6.07) is 13.8. The third-order valence-electron chi connectivity index (χ3n) is 3.91. The fourth-order valence-corrected chi connectivity index (χ4v) is 3.35. The summed E-state index contributed by atoms with van der Waals surface area (Å²) in [5.41, 5.74) is 3.56. The Morgan fingerprint density at radius 3 is 2.67 bits per heavy atom. The molecule has 4 aromatic rings. The highest BCUT2D eigenvalue weighted by Crippen LogP contribution is 2.34. The monoisotopic (exact) mass is 333 g/mol. The van der Waals surface area contributed by atoms with Crippen LogP contribution in [0.25, 0.3) is 33.7 Å². The Hall–Kier alpha value is -2.79. The zero-order valence-electron chi connectivity index (χ0n) is 13.4. The van der Waals surface area contributed by atoms with Crippen LogP contribution < -0.4 is 4.74 Å². The van der Waals surface area contributed by atoms with Crippen molar-refractivity contribution in [2.45, 2.75) is 6.92 Å². The van der Waals surface area contributed by atoms with Gasteiger partial charge >= 0.3 is 0 Å². The molecule has 0 amide bonds. The van der Waals surface area contributed by atoms with Gasteiger partial charge in [0.1, 0.15) is 17.1 Å². The maximum atomic E-state index is 5.49. The van der Waals surface area contributed by atoms with E-state index in [2.05, 4.69) is 28.3 Å². The van der Waals surface area contributed by atoms with Gasteiger partial charge in [0.25, 0.3) is 0 Å². The number of hydrogen-bond acceptors (Lipinski definition) is 5. The number of nitrogens with zero attached hydrogens (tertiary/aromatic N) is 3. The molecule has 0 spiro atoms. The van der Waals surface area contributed by atoms with Crippen molar-refractivity contribution in [1.29, 1.82) is 0 Å². The molecule has 24 heavy (non-hydrogen) atoms. The number of thiophene rings is 1. The number of rotatable bonds is 3. The van der Waals surface area contributed by atoms with Crippen LogP contribution in [0.3, 0.4) is 0 Å². The highest BCUT2D eigenvalue weighted by atomic mass is 32.1. The summed E-state index contributed by atoms with van der Waals surface area (Å²) < 4.78 is 5.49. The summed E-state index contributed by atoms with van der Waals surface area (Å²) in [5.74, 6) is 1.37. The number of para-hydroxylation sites is 1. The van der Waals surface area contributed by atoms with Gasteiger partial charge in [-0.2, -0.15) is 0 Å². The molecule has 0 unspecified atom stereocenters. The Kier molecular flexibility index (Phi) is 3.70. The quantitative estimate of drug-likeness (QED) is 0.543. The fraction of sp³-hybridized carbons (Fsp3) is 0.105. The standard InChI is InChI=1S/C19H15N3OS/c1-12-14(9-10-24-12)18-17(23-2)8-7-16(21-18)19-20-11-13-5-3-4-6-15(13)22-19/h3-11H,1-2H3. The molecule has 0 N–H and O–H groups in total. The van der Waals surface area contributed by atoms with Gasteiger partial charge < -0.3 is 4.74 Å². The third-order valence-corrected chi connectivity index (χ3v) is 4.76. The van der Waals surface area contributed by atoms with E-state index in [1.807, 2.05) is 42.6 Å². The fourth-order valence-electron chi connectivity index (χ4n) is 2.65. The van der Waals surface area contributed by atoms with Gasteiger partial charge in [-0.3, -0.25) is 0 Å². The summed E-state index contributed by atoms with van der Waals surface area (Å²) in [6.45, 7) is 2.08. The highest BCUT2D eigenvalue weighted by Gasteiger charge is 2.14. The van der Waals surface area contributed by atoms with Crippen LogP contribution in [0, 0.1) is 6.92 Å². The number of hydrogen-bond donors (Lipinski definition) is 0. The molecule has 0 aliphatic carbocycles. The number of benzene rings is 1. The van der Waals surface area contributed by atoms with Crippen LogP contribution in [0.5, 0.6) is 5.75 Å². The molecule has 3 heterocycles. The van der Waals surface area contributed by atoms with Crippen LogP contribution in [0.1, 0.15) is 4.88 Å². The van der Waals surface area contributed by atoms with Gasteiger partial charge in [-0.05, 0) is 36.6 Å². The summed E-state index contributed by atoms with van der Waals surface area (Å²) in [4.78, 5) is 15.1. The minimum Gasteiger partial charge on any atom is -0.494 e. The van der Waals surface area contributed by atoms with Crippen molar-refractivity contribution in [2.75, 3.05) is 7.11 Å². The van der Waals surface area contributed by atoms with Crippen LogP contribution >= 0.6 is 11.3 Å². The van der Waals surface area contributed by atoms with Crippen LogP contribution in [0.2, 0.25) is 0 Å². The van der Waals surface area contributed by atoms with E-state index in [4.69, 9.17) is 9.72 Å². The topological polar surface area (TPSA) is 47.9 Å². The van der Waals surface area contributed by atoms with Gasteiger partial charge in [0.2, 0.25) is 0 Å². The smallest absolute Gasteiger partial charge is 0.178 e. The van der Waals surface area contributed by atoms with Crippen molar-refractivity contribution in [3.05, 3.63) is 58.9 Å². The number of ether oxygens (including phenoxy) is 1. The van der Waals surface area contributed by atoms with Gasteiger partial charge in [0, 0.05) is 22.0 Å². The van der Waals surface area contributed by atoms with Gasteiger partial charge in [-0.1, -0.05) is 18.2 Å². The second kappa shape index (κ2) is 6.02. The number of methoxy groups -OCH3 is 1. The average molecular weight is 333 g/mol. The first-order chi connectivity index (χ1) is 11.8. The maximum Gasteiger partial charge on any atom is 0.178 e. The lowest BCUT2D eigenvalue weighted by atomic mass is 10.1. The normalized spacial score (nSPS) is 10.9. The van der Waals surface area contributed by atoms with Gasteiger partial charge in [-0.25, -0.2) is 15.0 Å². The van der Waals surface area contributed by atoms with Gasteiger partial charge in [0.15, 0.2) is 5.82 Å². The van der Waals surface area contributed by atoms with E-state index < -0.39 is 0 Å². The van der Waals surface area contributed by atoms with Crippen molar-refractivity contribution in [3.63, 3.8) is 0 Å². The minimum atomic E-state index is 0.616. The average Bonchev–Trinajstić information content (AvgIpc) is 3.06. The summed E-state index contributed by atoms with van der Waals surface area (Å²) in [6.07, 6.45) is 1.83. The number of aryl methyl sites for hydroxylation is 1. The lowest BCUT2D eigenvalue weighted by Gasteiger charge is -2.09. The van der Waals surface area contributed by atoms with E-state index in [-0.39, 0.29) is 0 Å². The molecule has 4 nitrogen and oxygen atoms in total. The molecule has 1 aromatic carbocycles. The summed E-state index contributed by atoms with van der Waals surface area (Å²) >= 11 is 1.70. The molecule has 0 saturated heterocycles. The summed E-state index contributed by atoms with van der Waals surface area (Å²) in [5, 5.41) is 3.08. The molecular weight excluding hydrogens is 318 g/mol. The Morgan fingerprint density at radius 1 is 1.00 bits per heavy atom. The largest absolute Gasteiger partial charge is 0.494 e. The zero-order chi connectivity index (χ0) is 16.5. The van der Waals surface area contributed by atoms with E-state index >= 15 is 0 Å². The molecule has 0 aliphatic heterocycles. The Morgan fingerprint density at radius 2 is 1.88 bits per heavy atom. The highest BCUT2D eigenvalue weighted by molar-refractivity contribution is 7.10. The molecule has 5 heteroatoms. The van der Waals surface area contributed by atoms with E-state index in [0.717, 1.165) is 33.6 Å². The predicted molar refractivity (Wildman–Crippen MR) is 97.4 cm³/mol. The van der Waals surface area contributed by atoms with E-state index in [0.29, 0.717) is 5.82 Å². The van der Waals surface area contributed by atoms with Crippen LogP contribution in [0.4, 0.5) is 0 Å². The van der Waals surface area contributed by atoms with Gasteiger partial charge in [0.05, 0.1) is 12.6 Å². The second-order valence-corrected chi connectivity index (χ2v) is 6.51. The Bertz CT molecular complexity index is 1030. The first-order valence-corrected chi connectivity index (χ1v) is 8.46. The maximum absolute atomic E-state index is 5.49. The van der Waals surface area contributed by atoms with Crippen LogP contribution in [-0.2, 0) is 0 Å². The third kappa shape index (κ3) is 2.53. The Labute approximate surface area is 143 Å². The number of fused-ring (bicyclic) bond motifs is 1. The molecule has 4 rings (SSSR count). The molecule has 0 saturated carbocycles. The first kappa shape index (κ1) is 14.8. The van der Waals surface area contributed by atoms with Gasteiger partial charge in [-0.15, -0.1) is 11.3 Å². The van der Waals surface area contributed by atoms with E-state index in [1.54, 1.807) is 18.4 Å². The zero-order valence-corrected chi connectivity index (χ0v) is 14.2. The van der Waals surface area contributed by atoms with Crippen molar-refractivity contribution in [1.82, 2.24) is 15.0 Å².